The molecular weight excluding hydrogens is 316 g/mol. The molecule has 1 fully saturated rings. The van der Waals surface area contributed by atoms with Crippen molar-refractivity contribution < 1.29 is 5.11 Å². The Balaban J connectivity index is 1.76. The van der Waals surface area contributed by atoms with Gasteiger partial charge in [0.05, 0.1) is 18.5 Å². The largest absolute Gasteiger partial charge is 0.392 e. The number of aliphatic hydroxyl groups is 1. The minimum absolute atomic E-state index is 0.0645. The molecule has 2 heterocycles. The summed E-state index contributed by atoms with van der Waals surface area (Å²) in [6, 6.07) is 8.45. The van der Waals surface area contributed by atoms with E-state index in [0.29, 0.717) is 11.5 Å². The molecule has 1 aliphatic heterocycles. The van der Waals surface area contributed by atoms with Gasteiger partial charge in [0.2, 0.25) is 0 Å². The molecule has 134 valence electrons. The number of aromatic nitrogens is 2. The van der Waals surface area contributed by atoms with Gasteiger partial charge in [0.15, 0.2) is 0 Å². The third-order valence-corrected chi connectivity index (χ3v) is 5.01. The third-order valence-electron chi connectivity index (χ3n) is 5.01. The lowest BCUT2D eigenvalue weighted by Gasteiger charge is -2.37. The van der Waals surface area contributed by atoms with Gasteiger partial charge in [-0.2, -0.15) is 5.10 Å². The van der Waals surface area contributed by atoms with Gasteiger partial charge in [-0.1, -0.05) is 24.3 Å². The molecule has 1 saturated heterocycles. The van der Waals surface area contributed by atoms with E-state index in [-0.39, 0.29) is 18.2 Å². The highest BCUT2D eigenvalue weighted by Gasteiger charge is 2.27. The van der Waals surface area contributed by atoms with Crippen LogP contribution in [-0.4, -0.2) is 46.0 Å². The summed E-state index contributed by atoms with van der Waals surface area (Å²) in [5.74, 6) is 0.420. The van der Waals surface area contributed by atoms with Gasteiger partial charge in [-0.05, 0) is 37.4 Å². The molecule has 0 bridgehead atoms. The second kappa shape index (κ2) is 7.37. The summed E-state index contributed by atoms with van der Waals surface area (Å²) in [4.78, 5) is 14.4. The van der Waals surface area contributed by atoms with Crippen LogP contribution in [0.3, 0.4) is 0 Å². The number of nitrogens with one attached hydrogen (secondary N) is 1. The molecule has 2 N–H and O–H groups in total. The molecule has 0 radical (unpaired) electrons. The summed E-state index contributed by atoms with van der Waals surface area (Å²) in [5, 5.41) is 16.8. The second-order valence-corrected chi connectivity index (χ2v) is 7.01. The molecule has 2 atom stereocenters. The lowest BCUT2D eigenvalue weighted by atomic mass is 9.87. The van der Waals surface area contributed by atoms with Crippen molar-refractivity contribution in [3.8, 4) is 0 Å². The van der Waals surface area contributed by atoms with Gasteiger partial charge in [-0.25, -0.2) is 4.68 Å². The molecule has 0 spiro atoms. The minimum Gasteiger partial charge on any atom is -0.392 e. The molecule has 0 amide bonds. The SMILES string of the molecule is Cc1c(N[C@@H]2C[C@H](c3ccc(CO)cc3)CN(C)C2)cnn(C)c1=O. The minimum atomic E-state index is -0.0645. The van der Waals surface area contributed by atoms with Crippen LogP contribution in [0.25, 0.3) is 0 Å². The lowest BCUT2D eigenvalue weighted by Crippen LogP contribution is -2.43. The Morgan fingerprint density at radius 3 is 2.64 bits per heavy atom. The van der Waals surface area contributed by atoms with Crippen LogP contribution in [0.1, 0.15) is 29.0 Å². The molecule has 25 heavy (non-hydrogen) atoms. The summed E-state index contributed by atoms with van der Waals surface area (Å²) in [5.41, 5.74) is 3.68. The van der Waals surface area contributed by atoms with Crippen molar-refractivity contribution in [2.24, 2.45) is 7.05 Å². The molecular formula is C19H26N4O2. The first-order chi connectivity index (χ1) is 12.0. The zero-order valence-corrected chi connectivity index (χ0v) is 15.1. The number of nitrogens with zero attached hydrogens (tertiary/aromatic N) is 3. The van der Waals surface area contributed by atoms with Crippen molar-refractivity contribution in [3.05, 3.63) is 57.5 Å². The average Bonchev–Trinajstić information content (AvgIpc) is 2.62. The maximum atomic E-state index is 12.1. The van der Waals surface area contributed by atoms with Crippen LogP contribution in [0.4, 0.5) is 5.69 Å². The van der Waals surface area contributed by atoms with Gasteiger partial charge in [-0.3, -0.25) is 4.79 Å². The number of hydrogen-bond donors (Lipinski definition) is 2. The summed E-state index contributed by atoms with van der Waals surface area (Å²) in [7, 11) is 3.79. The van der Waals surface area contributed by atoms with E-state index in [1.165, 1.54) is 10.2 Å². The number of benzene rings is 1. The summed E-state index contributed by atoms with van der Waals surface area (Å²) < 4.78 is 1.36. The predicted octanol–water partition coefficient (Wildman–Crippen LogP) is 1.48. The van der Waals surface area contributed by atoms with E-state index >= 15 is 0 Å². The molecule has 0 aliphatic carbocycles. The van der Waals surface area contributed by atoms with Crippen LogP contribution in [0, 0.1) is 6.92 Å². The number of likely N-dealkylation sites (tertiary alicyclic amines) is 1. The fraction of sp³-hybridized carbons (Fsp3) is 0.474. The van der Waals surface area contributed by atoms with Crippen molar-refractivity contribution in [1.29, 1.82) is 0 Å². The van der Waals surface area contributed by atoms with Crippen molar-refractivity contribution in [2.45, 2.75) is 31.9 Å². The lowest BCUT2D eigenvalue weighted by molar-refractivity contribution is 0.235. The van der Waals surface area contributed by atoms with Crippen LogP contribution in [-0.2, 0) is 13.7 Å². The zero-order chi connectivity index (χ0) is 18.0. The highest BCUT2D eigenvalue weighted by Crippen LogP contribution is 2.28. The molecule has 1 aromatic heterocycles. The molecule has 6 nitrogen and oxygen atoms in total. The molecule has 0 saturated carbocycles. The Kier molecular flexibility index (Phi) is 5.20. The van der Waals surface area contributed by atoms with Crippen LogP contribution < -0.4 is 10.9 Å². The Morgan fingerprint density at radius 2 is 1.96 bits per heavy atom. The molecule has 6 heteroatoms. The normalized spacial score (nSPS) is 21.3. The Labute approximate surface area is 148 Å². The molecule has 2 aromatic rings. The first kappa shape index (κ1) is 17.6. The van der Waals surface area contributed by atoms with E-state index in [9.17, 15) is 9.90 Å². The summed E-state index contributed by atoms with van der Waals surface area (Å²) in [6.45, 7) is 3.85. The van der Waals surface area contributed by atoms with Gasteiger partial charge in [0, 0.05) is 31.7 Å². The van der Waals surface area contributed by atoms with Gasteiger partial charge in [-0.15, -0.1) is 0 Å². The summed E-state index contributed by atoms with van der Waals surface area (Å²) in [6.07, 6.45) is 2.73. The first-order valence-electron chi connectivity index (χ1n) is 8.65. The Morgan fingerprint density at radius 1 is 1.24 bits per heavy atom. The van der Waals surface area contributed by atoms with E-state index in [1.807, 2.05) is 19.1 Å². The van der Waals surface area contributed by atoms with E-state index in [4.69, 9.17) is 0 Å². The van der Waals surface area contributed by atoms with Gasteiger partial charge in [0.1, 0.15) is 0 Å². The number of aliphatic hydroxyl groups excluding tert-OH is 1. The summed E-state index contributed by atoms with van der Waals surface area (Å²) >= 11 is 0. The monoisotopic (exact) mass is 342 g/mol. The highest BCUT2D eigenvalue weighted by atomic mass is 16.3. The van der Waals surface area contributed by atoms with Crippen molar-refractivity contribution >= 4 is 5.69 Å². The van der Waals surface area contributed by atoms with Crippen LogP contribution >= 0.6 is 0 Å². The number of rotatable bonds is 4. The fourth-order valence-electron chi connectivity index (χ4n) is 3.58. The zero-order valence-electron chi connectivity index (χ0n) is 15.1. The number of likely N-dealkylation sites (N-methyl/N-ethyl adjacent to an activating group) is 1. The van der Waals surface area contributed by atoms with Crippen LogP contribution in [0.2, 0.25) is 0 Å². The van der Waals surface area contributed by atoms with Crippen molar-refractivity contribution in [1.82, 2.24) is 14.7 Å². The maximum Gasteiger partial charge on any atom is 0.271 e. The van der Waals surface area contributed by atoms with E-state index < -0.39 is 0 Å². The van der Waals surface area contributed by atoms with Crippen LogP contribution in [0.5, 0.6) is 0 Å². The quantitative estimate of drug-likeness (QED) is 0.881. The number of piperidine rings is 1. The molecule has 3 rings (SSSR count). The van der Waals surface area contributed by atoms with Gasteiger partial charge in [0.25, 0.3) is 5.56 Å². The maximum absolute atomic E-state index is 12.1. The van der Waals surface area contributed by atoms with Crippen molar-refractivity contribution in [2.75, 3.05) is 25.5 Å². The first-order valence-corrected chi connectivity index (χ1v) is 8.65. The smallest absolute Gasteiger partial charge is 0.271 e. The predicted molar refractivity (Wildman–Crippen MR) is 98.8 cm³/mol. The average molecular weight is 342 g/mol. The Hall–Kier alpha value is -2.18. The molecule has 0 unspecified atom stereocenters. The van der Waals surface area contributed by atoms with Gasteiger partial charge < -0.3 is 15.3 Å². The number of anilines is 1. The highest BCUT2D eigenvalue weighted by molar-refractivity contribution is 5.48. The van der Waals surface area contributed by atoms with Crippen molar-refractivity contribution in [3.63, 3.8) is 0 Å². The second-order valence-electron chi connectivity index (χ2n) is 7.01. The Bertz CT molecular complexity index is 785. The molecule has 1 aromatic carbocycles. The van der Waals surface area contributed by atoms with Gasteiger partial charge >= 0.3 is 0 Å². The third kappa shape index (κ3) is 3.91. The molecule has 1 aliphatic rings. The standard InChI is InChI=1S/C19H26N4O2/c1-13-18(9-20-23(3)19(13)25)21-17-8-16(10-22(2)11-17)15-6-4-14(12-24)5-7-15/h4-7,9,16-17,21,24H,8,10-12H2,1-3H3/t16-,17+/m0/s1. The number of hydrogen-bond acceptors (Lipinski definition) is 5. The van der Waals surface area contributed by atoms with Crippen LogP contribution in [0.15, 0.2) is 35.3 Å². The topological polar surface area (TPSA) is 70.4 Å². The van der Waals surface area contributed by atoms with E-state index in [0.717, 1.165) is 30.8 Å². The van der Waals surface area contributed by atoms with E-state index in [2.05, 4.69) is 34.5 Å². The van der Waals surface area contributed by atoms with E-state index in [1.54, 1.807) is 13.2 Å². The fourth-order valence-corrected chi connectivity index (χ4v) is 3.58. The number of aryl methyl sites for hydroxylation is 1.